The quantitative estimate of drug-likeness (QED) is 0.356. The molecule has 1 N–H and O–H groups in total. The summed E-state index contributed by atoms with van der Waals surface area (Å²) in [5, 5.41) is 3.44. The van der Waals surface area contributed by atoms with Gasteiger partial charge in [0.05, 0.1) is 11.9 Å². The molecule has 0 aromatic heterocycles. The summed E-state index contributed by atoms with van der Waals surface area (Å²) >= 11 is 6.23. The number of rotatable bonds is 11. The first-order valence-electron chi connectivity index (χ1n) is 12.8. The summed E-state index contributed by atoms with van der Waals surface area (Å²) in [6.45, 7) is 7.04. The molecule has 3 aromatic rings. The van der Waals surface area contributed by atoms with Crippen molar-refractivity contribution in [1.29, 1.82) is 0 Å². The molecule has 0 saturated carbocycles. The average molecular weight is 570 g/mol. The highest BCUT2D eigenvalue weighted by Crippen LogP contribution is 2.26. The Morgan fingerprint density at radius 1 is 0.923 bits per heavy atom. The molecule has 0 aliphatic carbocycles. The Morgan fingerprint density at radius 2 is 1.56 bits per heavy atom. The van der Waals surface area contributed by atoms with Crippen LogP contribution in [0, 0.1) is 13.8 Å². The van der Waals surface area contributed by atoms with Gasteiger partial charge in [0.15, 0.2) is 0 Å². The van der Waals surface area contributed by atoms with Crippen LogP contribution in [0.2, 0.25) is 5.02 Å². The number of nitrogens with zero attached hydrogens (tertiary/aromatic N) is 2. The van der Waals surface area contributed by atoms with Crippen molar-refractivity contribution in [2.24, 2.45) is 0 Å². The fourth-order valence-electron chi connectivity index (χ4n) is 4.37. The Morgan fingerprint density at radius 3 is 2.18 bits per heavy atom. The van der Waals surface area contributed by atoms with Gasteiger partial charge >= 0.3 is 0 Å². The van der Waals surface area contributed by atoms with Gasteiger partial charge in [0.1, 0.15) is 12.6 Å². The highest BCUT2D eigenvalue weighted by molar-refractivity contribution is 7.92. The van der Waals surface area contributed by atoms with Crippen LogP contribution in [0.3, 0.4) is 0 Å². The Hall–Kier alpha value is -3.36. The van der Waals surface area contributed by atoms with Crippen LogP contribution in [0.25, 0.3) is 0 Å². The van der Waals surface area contributed by atoms with Crippen molar-refractivity contribution >= 4 is 39.1 Å². The summed E-state index contributed by atoms with van der Waals surface area (Å²) < 4.78 is 27.0. The number of aryl methyl sites for hydroxylation is 1. The number of hydrogen-bond acceptors (Lipinski definition) is 4. The topological polar surface area (TPSA) is 86.8 Å². The summed E-state index contributed by atoms with van der Waals surface area (Å²) in [6.07, 6.45) is 1.34. The van der Waals surface area contributed by atoms with Crippen molar-refractivity contribution < 1.29 is 18.0 Å². The Bertz CT molecular complexity index is 1410. The fourth-order valence-corrected chi connectivity index (χ4v) is 5.48. The molecule has 3 rings (SSSR count). The molecule has 2 amide bonds. The minimum atomic E-state index is -3.83. The lowest BCUT2D eigenvalue weighted by Crippen LogP contribution is -2.54. The Kier molecular flexibility index (Phi) is 10.2. The monoisotopic (exact) mass is 569 g/mol. The molecule has 1 atom stereocenters. The highest BCUT2D eigenvalue weighted by atomic mass is 35.5. The molecule has 0 fully saturated rings. The van der Waals surface area contributed by atoms with Gasteiger partial charge in [-0.2, -0.15) is 0 Å². The maximum Gasteiger partial charge on any atom is 0.244 e. The molecule has 39 heavy (non-hydrogen) atoms. The van der Waals surface area contributed by atoms with Crippen molar-refractivity contribution in [2.75, 3.05) is 17.1 Å². The molecule has 0 spiro atoms. The number of benzene rings is 3. The average Bonchev–Trinajstić information content (AvgIpc) is 2.86. The van der Waals surface area contributed by atoms with Crippen LogP contribution in [0.15, 0.2) is 72.8 Å². The summed E-state index contributed by atoms with van der Waals surface area (Å²) in [4.78, 5) is 29.1. The smallest absolute Gasteiger partial charge is 0.244 e. The van der Waals surface area contributed by atoms with E-state index < -0.39 is 28.5 Å². The van der Waals surface area contributed by atoms with E-state index in [0.29, 0.717) is 10.7 Å². The van der Waals surface area contributed by atoms with E-state index >= 15 is 0 Å². The molecule has 0 aliphatic heterocycles. The van der Waals surface area contributed by atoms with E-state index in [0.717, 1.165) is 32.8 Å². The number of hydrogen-bond donors (Lipinski definition) is 1. The normalized spacial score (nSPS) is 12.2. The fraction of sp³-hybridized carbons (Fsp3) is 0.333. The first kappa shape index (κ1) is 30.2. The van der Waals surface area contributed by atoms with Crippen molar-refractivity contribution in [3.8, 4) is 0 Å². The van der Waals surface area contributed by atoms with Gasteiger partial charge in [-0.3, -0.25) is 13.9 Å². The summed E-state index contributed by atoms with van der Waals surface area (Å²) in [5.41, 5.74) is 3.70. The van der Waals surface area contributed by atoms with Gasteiger partial charge in [0, 0.05) is 24.0 Å². The van der Waals surface area contributed by atoms with E-state index in [2.05, 4.69) is 5.32 Å². The van der Waals surface area contributed by atoms with E-state index in [1.54, 1.807) is 30.3 Å². The lowest BCUT2D eigenvalue weighted by Gasteiger charge is -2.34. The lowest BCUT2D eigenvalue weighted by molar-refractivity contribution is -0.140. The maximum atomic E-state index is 14.1. The molecule has 208 valence electrons. The molecule has 0 saturated heterocycles. The van der Waals surface area contributed by atoms with Crippen molar-refractivity contribution in [3.63, 3.8) is 0 Å². The van der Waals surface area contributed by atoms with Crippen molar-refractivity contribution in [2.45, 2.75) is 52.7 Å². The number of anilines is 1. The molecule has 9 heteroatoms. The molecule has 3 aromatic carbocycles. The third-order valence-corrected chi connectivity index (χ3v) is 7.83. The first-order chi connectivity index (χ1) is 18.4. The van der Waals surface area contributed by atoms with Crippen LogP contribution in [-0.4, -0.2) is 50.0 Å². The van der Waals surface area contributed by atoms with E-state index in [1.165, 1.54) is 4.90 Å². The Labute approximate surface area is 236 Å². The Balaban J connectivity index is 2.08. The van der Waals surface area contributed by atoms with E-state index in [-0.39, 0.29) is 24.9 Å². The molecule has 0 bridgehead atoms. The van der Waals surface area contributed by atoms with Crippen LogP contribution >= 0.6 is 11.6 Å². The number of amides is 2. The van der Waals surface area contributed by atoms with Crippen molar-refractivity contribution in [1.82, 2.24) is 10.2 Å². The molecule has 7 nitrogen and oxygen atoms in total. The SMILES string of the molecule is Cc1cccc(N(CC(=O)N(Cc2cccc(Cl)c2)[C@H](Cc2ccccc2)C(=O)NC(C)C)S(C)(=O)=O)c1C. The van der Waals surface area contributed by atoms with E-state index in [4.69, 9.17) is 11.6 Å². The zero-order chi connectivity index (χ0) is 28.7. The maximum absolute atomic E-state index is 14.1. The van der Waals surface area contributed by atoms with Crippen molar-refractivity contribution in [3.05, 3.63) is 100 Å². The number of sulfonamides is 1. The number of carbonyl (C=O) groups is 2. The van der Waals surface area contributed by atoms with E-state index in [9.17, 15) is 18.0 Å². The predicted octanol–water partition coefficient (Wildman–Crippen LogP) is 4.89. The third-order valence-electron chi connectivity index (χ3n) is 6.47. The second-order valence-corrected chi connectivity index (χ2v) is 12.4. The first-order valence-corrected chi connectivity index (χ1v) is 15.0. The number of halogens is 1. The molecular weight excluding hydrogens is 534 g/mol. The van der Waals surface area contributed by atoms with E-state index in [1.807, 2.05) is 70.2 Å². The standard InChI is InChI=1S/C30H36ClN3O4S/c1-21(2)32-30(36)28(18-24-12-7-6-8-13-24)33(19-25-14-10-15-26(31)17-25)29(35)20-34(39(5,37)38)27-16-9-11-22(3)23(27)4/h6-17,21,28H,18-20H2,1-5H3,(H,32,36)/t28-/m1/s1. The van der Waals surface area contributed by atoms with Gasteiger partial charge in [0.25, 0.3) is 0 Å². The number of carbonyl (C=O) groups excluding carboxylic acids is 2. The van der Waals surface area contributed by atoms with Gasteiger partial charge < -0.3 is 10.2 Å². The van der Waals surface area contributed by atoms with Crippen LogP contribution in [0.1, 0.15) is 36.1 Å². The second kappa shape index (κ2) is 13.1. The minimum Gasteiger partial charge on any atom is -0.352 e. The molecular formula is C30H36ClN3O4S. The van der Waals surface area contributed by atoms with Crippen LogP contribution in [-0.2, 0) is 32.6 Å². The highest BCUT2D eigenvalue weighted by Gasteiger charge is 2.33. The summed E-state index contributed by atoms with van der Waals surface area (Å²) in [7, 11) is -3.83. The zero-order valence-corrected chi connectivity index (χ0v) is 24.6. The van der Waals surface area contributed by atoms with Gasteiger partial charge in [-0.25, -0.2) is 8.42 Å². The third kappa shape index (κ3) is 8.31. The summed E-state index contributed by atoms with van der Waals surface area (Å²) in [6, 6.07) is 20.8. The second-order valence-electron chi connectivity index (χ2n) is 10.0. The van der Waals surface area contributed by atoms with Gasteiger partial charge in [-0.15, -0.1) is 0 Å². The van der Waals surface area contributed by atoms with Crippen LogP contribution in [0.5, 0.6) is 0 Å². The van der Waals surface area contributed by atoms with Crippen LogP contribution in [0.4, 0.5) is 5.69 Å². The molecule has 0 unspecified atom stereocenters. The molecule has 0 aliphatic rings. The zero-order valence-electron chi connectivity index (χ0n) is 23.0. The van der Waals surface area contributed by atoms with Crippen LogP contribution < -0.4 is 9.62 Å². The minimum absolute atomic E-state index is 0.0762. The summed E-state index contributed by atoms with van der Waals surface area (Å²) in [5.74, 6) is -0.817. The van der Waals surface area contributed by atoms with Gasteiger partial charge in [0.2, 0.25) is 21.8 Å². The largest absolute Gasteiger partial charge is 0.352 e. The predicted molar refractivity (Wildman–Crippen MR) is 157 cm³/mol. The number of nitrogens with one attached hydrogen (secondary N) is 1. The molecule has 0 heterocycles. The molecule has 0 radical (unpaired) electrons. The van der Waals surface area contributed by atoms with Gasteiger partial charge in [-0.1, -0.05) is 66.2 Å². The van der Waals surface area contributed by atoms with Gasteiger partial charge in [-0.05, 0) is 68.1 Å². The lowest BCUT2D eigenvalue weighted by atomic mass is 10.0.